The predicted molar refractivity (Wildman–Crippen MR) is 111 cm³/mol. The molecule has 8 nitrogen and oxygen atoms in total. The molecule has 1 atom stereocenters. The molecule has 0 radical (unpaired) electrons. The summed E-state index contributed by atoms with van der Waals surface area (Å²) in [6.45, 7) is 4.51. The number of piperazine rings is 1. The van der Waals surface area contributed by atoms with Gasteiger partial charge in [0, 0.05) is 31.7 Å². The lowest BCUT2D eigenvalue weighted by atomic mass is 9.97. The minimum absolute atomic E-state index is 0.199. The van der Waals surface area contributed by atoms with Crippen LogP contribution in [-0.2, 0) is 9.59 Å². The van der Waals surface area contributed by atoms with Crippen molar-refractivity contribution in [3.05, 3.63) is 29.6 Å². The lowest BCUT2D eigenvalue weighted by molar-refractivity contribution is -0.143. The largest absolute Gasteiger partial charge is 0.366 e. The molecular weight excluding hydrogens is 403 g/mol. The van der Waals surface area contributed by atoms with Gasteiger partial charge in [0.1, 0.15) is 17.4 Å². The van der Waals surface area contributed by atoms with Gasteiger partial charge in [-0.2, -0.15) is 0 Å². The molecule has 2 heterocycles. The second-order valence-electron chi connectivity index (χ2n) is 8.61. The van der Waals surface area contributed by atoms with Gasteiger partial charge >= 0.3 is 6.03 Å². The van der Waals surface area contributed by atoms with Crippen LogP contribution < -0.4 is 10.2 Å². The van der Waals surface area contributed by atoms with Crippen LogP contribution >= 0.6 is 0 Å². The van der Waals surface area contributed by atoms with E-state index in [1.807, 2.05) is 4.90 Å². The van der Waals surface area contributed by atoms with Crippen LogP contribution in [0.1, 0.15) is 49.9 Å². The fraction of sp³-hybridized carbons (Fsp3) is 0.545. The van der Waals surface area contributed by atoms with E-state index < -0.39 is 23.4 Å². The highest BCUT2D eigenvalue weighted by Crippen LogP contribution is 2.36. The van der Waals surface area contributed by atoms with Gasteiger partial charge in [-0.3, -0.25) is 14.4 Å². The van der Waals surface area contributed by atoms with Crippen LogP contribution in [0.15, 0.2) is 18.2 Å². The monoisotopic (exact) mass is 430 g/mol. The smallest absolute Gasteiger partial charge is 0.325 e. The molecule has 2 aliphatic heterocycles. The summed E-state index contributed by atoms with van der Waals surface area (Å²) in [5.41, 5.74) is -0.131. The van der Waals surface area contributed by atoms with Gasteiger partial charge < -0.3 is 15.1 Å². The molecule has 0 bridgehead atoms. The zero-order valence-corrected chi connectivity index (χ0v) is 17.8. The van der Waals surface area contributed by atoms with Gasteiger partial charge in [-0.1, -0.05) is 12.8 Å². The molecule has 4 rings (SSSR count). The molecule has 0 aromatic heterocycles. The van der Waals surface area contributed by atoms with Crippen molar-refractivity contribution in [3.8, 4) is 0 Å². The van der Waals surface area contributed by atoms with E-state index in [1.165, 1.54) is 13.0 Å². The maximum absolute atomic E-state index is 14.5. The number of benzene rings is 1. The van der Waals surface area contributed by atoms with E-state index in [4.69, 9.17) is 0 Å². The summed E-state index contributed by atoms with van der Waals surface area (Å²) >= 11 is 0. The predicted octanol–water partition coefficient (Wildman–Crippen LogP) is 1.93. The molecule has 1 spiro atoms. The fourth-order valence-corrected chi connectivity index (χ4v) is 4.84. The highest BCUT2D eigenvalue weighted by molar-refractivity contribution is 6.10. The summed E-state index contributed by atoms with van der Waals surface area (Å²) in [6, 6.07) is 3.02. The number of Topliss-reactive ketones (excluding diaryl/α,β-unsaturated/α-hetero) is 1. The number of hydrogen-bond acceptors (Lipinski definition) is 5. The molecule has 1 unspecified atom stereocenters. The summed E-state index contributed by atoms with van der Waals surface area (Å²) in [4.78, 5) is 54.4. The molecule has 3 aliphatic rings. The van der Waals surface area contributed by atoms with Gasteiger partial charge in [0.05, 0.1) is 5.69 Å². The summed E-state index contributed by atoms with van der Waals surface area (Å²) in [6.07, 6.45) is 2.99. The van der Waals surface area contributed by atoms with Gasteiger partial charge in [-0.15, -0.1) is 0 Å². The Hall–Kier alpha value is -2.97. The molecular formula is C22H27FN4O4. The normalized spacial score (nSPS) is 21.6. The molecule has 1 aromatic carbocycles. The maximum Gasteiger partial charge on any atom is 0.325 e. The number of rotatable bonds is 4. The van der Waals surface area contributed by atoms with Crippen LogP contribution in [0.2, 0.25) is 0 Å². The quantitative estimate of drug-likeness (QED) is 0.582. The number of nitrogens with zero attached hydrogens (tertiary/aromatic N) is 3. The van der Waals surface area contributed by atoms with Crippen LogP contribution in [0.5, 0.6) is 0 Å². The van der Waals surface area contributed by atoms with Crippen molar-refractivity contribution >= 4 is 29.3 Å². The number of ketones is 1. The Morgan fingerprint density at radius 1 is 1.10 bits per heavy atom. The molecule has 2 saturated heterocycles. The molecule has 3 fully saturated rings. The van der Waals surface area contributed by atoms with Crippen molar-refractivity contribution in [2.24, 2.45) is 0 Å². The number of urea groups is 1. The first-order valence-electron chi connectivity index (χ1n) is 10.7. The Morgan fingerprint density at radius 2 is 1.74 bits per heavy atom. The van der Waals surface area contributed by atoms with Crippen LogP contribution in [0.3, 0.4) is 0 Å². The first-order chi connectivity index (χ1) is 14.7. The molecule has 1 saturated carbocycles. The number of nitrogens with one attached hydrogen (secondary N) is 1. The number of carbonyl (C=O) groups excluding carboxylic acids is 4. The molecule has 1 aromatic rings. The Labute approximate surface area is 180 Å². The second-order valence-corrected chi connectivity index (χ2v) is 8.61. The number of hydrogen-bond donors (Lipinski definition) is 1. The third-order valence-corrected chi connectivity index (χ3v) is 6.68. The van der Waals surface area contributed by atoms with Crippen LogP contribution in [-0.4, -0.2) is 71.2 Å². The van der Waals surface area contributed by atoms with Crippen LogP contribution in [0.25, 0.3) is 0 Å². The number of amides is 4. The first-order valence-corrected chi connectivity index (χ1v) is 10.7. The maximum atomic E-state index is 14.5. The summed E-state index contributed by atoms with van der Waals surface area (Å²) in [7, 11) is 0. The molecule has 9 heteroatoms. The standard InChI is InChI=1S/C22H27FN4O4/c1-14(27-20(30)22(24-21(27)31)7-3-4-8-22)19(29)26-11-9-25(10-12-26)18-6-5-16(15(2)28)13-17(18)23/h5-6,13-14H,3-4,7-12H2,1-2H3,(H,24,31). The average Bonchev–Trinajstić information content (AvgIpc) is 3.31. The third kappa shape index (κ3) is 3.66. The van der Waals surface area contributed by atoms with E-state index in [9.17, 15) is 23.6 Å². The van der Waals surface area contributed by atoms with Gasteiger partial charge in [0.2, 0.25) is 5.91 Å². The zero-order chi connectivity index (χ0) is 22.3. The van der Waals surface area contributed by atoms with Crippen LogP contribution in [0, 0.1) is 5.82 Å². The van der Waals surface area contributed by atoms with Gasteiger partial charge in [0.15, 0.2) is 5.78 Å². The number of carbonyl (C=O) groups is 4. The van der Waals surface area contributed by atoms with Crippen molar-refractivity contribution in [2.75, 3.05) is 31.1 Å². The van der Waals surface area contributed by atoms with E-state index in [-0.39, 0.29) is 17.6 Å². The minimum atomic E-state index is -0.884. The Bertz CT molecular complexity index is 935. The van der Waals surface area contributed by atoms with Gasteiger partial charge in [0.25, 0.3) is 5.91 Å². The minimum Gasteiger partial charge on any atom is -0.366 e. The van der Waals surface area contributed by atoms with Crippen molar-refractivity contribution in [2.45, 2.75) is 51.1 Å². The van der Waals surface area contributed by atoms with E-state index in [1.54, 1.807) is 24.0 Å². The van der Waals surface area contributed by atoms with Crippen molar-refractivity contribution < 1.29 is 23.6 Å². The van der Waals surface area contributed by atoms with E-state index in [2.05, 4.69) is 5.32 Å². The summed E-state index contributed by atoms with van der Waals surface area (Å²) in [5.74, 6) is -1.26. The number of halogens is 1. The Balaban J connectivity index is 1.40. The molecule has 1 N–H and O–H groups in total. The fourth-order valence-electron chi connectivity index (χ4n) is 4.84. The Morgan fingerprint density at radius 3 is 2.32 bits per heavy atom. The van der Waals surface area contributed by atoms with Gasteiger partial charge in [-0.05, 0) is 44.9 Å². The average molecular weight is 430 g/mol. The third-order valence-electron chi connectivity index (χ3n) is 6.68. The van der Waals surface area contributed by atoms with E-state index >= 15 is 0 Å². The Kier molecular flexibility index (Phi) is 5.45. The zero-order valence-electron chi connectivity index (χ0n) is 17.8. The first kappa shape index (κ1) is 21.3. The molecule has 4 amide bonds. The van der Waals surface area contributed by atoms with E-state index in [0.29, 0.717) is 50.3 Å². The van der Waals surface area contributed by atoms with Crippen molar-refractivity contribution in [1.82, 2.24) is 15.1 Å². The lowest BCUT2D eigenvalue weighted by Crippen LogP contribution is -2.56. The van der Waals surface area contributed by atoms with Crippen LogP contribution in [0.4, 0.5) is 14.9 Å². The SMILES string of the molecule is CC(=O)c1ccc(N2CCN(C(=O)C(C)N3C(=O)NC4(CCCC4)C3=O)CC2)c(F)c1. The summed E-state index contributed by atoms with van der Waals surface area (Å²) < 4.78 is 14.5. The van der Waals surface area contributed by atoms with Crippen molar-refractivity contribution in [3.63, 3.8) is 0 Å². The summed E-state index contributed by atoms with van der Waals surface area (Å²) in [5, 5.41) is 2.81. The number of imide groups is 1. The van der Waals surface area contributed by atoms with Crippen molar-refractivity contribution in [1.29, 1.82) is 0 Å². The lowest BCUT2D eigenvalue weighted by Gasteiger charge is -2.38. The highest BCUT2D eigenvalue weighted by atomic mass is 19.1. The molecule has 31 heavy (non-hydrogen) atoms. The number of anilines is 1. The highest BCUT2D eigenvalue weighted by Gasteiger charge is 2.54. The molecule has 1 aliphatic carbocycles. The molecule has 166 valence electrons. The van der Waals surface area contributed by atoms with E-state index in [0.717, 1.165) is 17.7 Å². The van der Waals surface area contributed by atoms with Gasteiger partial charge in [-0.25, -0.2) is 14.1 Å². The second kappa shape index (κ2) is 7.94. The topological polar surface area (TPSA) is 90.0 Å².